The van der Waals surface area contributed by atoms with Crippen LogP contribution in [0.1, 0.15) is 46.5 Å². The lowest BCUT2D eigenvalue weighted by atomic mass is 10.0. The molecule has 10 heteroatoms. The van der Waals surface area contributed by atoms with Crippen molar-refractivity contribution in [2.24, 2.45) is 23.7 Å². The number of likely N-dealkylation sites (tertiary alicyclic amines) is 2. The first-order chi connectivity index (χ1) is 14.2. The zero-order chi connectivity index (χ0) is 23.1. The molecule has 0 aromatic rings. The minimum absolute atomic E-state index is 0.0520. The van der Waals surface area contributed by atoms with Crippen molar-refractivity contribution in [3.05, 3.63) is 0 Å². The summed E-state index contributed by atoms with van der Waals surface area (Å²) in [7, 11) is 0. The molecule has 0 bridgehead atoms. The normalized spacial score (nSPS) is 30.1. The highest BCUT2D eigenvalue weighted by Crippen LogP contribution is 2.37. The summed E-state index contributed by atoms with van der Waals surface area (Å²) in [6.07, 6.45) is -3.09. The number of hydrogen-bond donors (Lipinski definition) is 0. The van der Waals surface area contributed by atoms with E-state index in [2.05, 4.69) is 0 Å². The van der Waals surface area contributed by atoms with E-state index in [1.165, 1.54) is 0 Å². The molecule has 174 valence electrons. The van der Waals surface area contributed by atoms with E-state index >= 15 is 0 Å². The molecular weight excluding hydrogens is 417 g/mol. The highest BCUT2D eigenvalue weighted by Gasteiger charge is 2.49. The lowest BCUT2D eigenvalue weighted by Gasteiger charge is -2.24. The minimum Gasteiger partial charge on any atom is -0.444 e. The summed E-state index contributed by atoms with van der Waals surface area (Å²) in [5.41, 5.74) is -0.440. The van der Waals surface area contributed by atoms with Gasteiger partial charge < -0.3 is 14.5 Å². The molecule has 2 amide bonds. The van der Waals surface area contributed by atoms with Gasteiger partial charge in [-0.3, -0.25) is 14.4 Å². The van der Waals surface area contributed by atoms with Crippen LogP contribution in [-0.2, 0) is 19.1 Å². The Morgan fingerprint density at radius 1 is 0.774 bits per heavy atom. The fraction of sp³-hybridized carbons (Fsp3) is 0.810. The number of ketones is 2. The zero-order valence-corrected chi connectivity index (χ0v) is 18.0. The third-order valence-corrected chi connectivity index (χ3v) is 6.29. The Labute approximate surface area is 179 Å². The monoisotopic (exact) mass is 446 g/mol. The topological polar surface area (TPSA) is 84.0 Å². The van der Waals surface area contributed by atoms with E-state index in [1.54, 1.807) is 4.90 Å². The predicted molar refractivity (Wildman–Crippen MR) is 103 cm³/mol. The zero-order valence-electron chi connectivity index (χ0n) is 18.0. The van der Waals surface area contributed by atoms with Crippen LogP contribution in [-0.4, -0.2) is 71.3 Å². The molecule has 2 aliphatic heterocycles. The fourth-order valence-corrected chi connectivity index (χ4v) is 4.96. The molecule has 0 spiro atoms. The number of fused-ring (bicyclic) bond motifs is 2. The van der Waals surface area contributed by atoms with Crippen LogP contribution in [0.15, 0.2) is 0 Å². The first kappa shape index (κ1) is 23.5. The molecule has 2 saturated carbocycles. The van der Waals surface area contributed by atoms with E-state index in [0.29, 0.717) is 56.4 Å². The van der Waals surface area contributed by atoms with Gasteiger partial charge >= 0.3 is 18.2 Å². The van der Waals surface area contributed by atoms with Gasteiger partial charge in [0.15, 0.2) is 0 Å². The summed E-state index contributed by atoms with van der Waals surface area (Å²) in [6, 6.07) is 0. The van der Waals surface area contributed by atoms with Crippen molar-refractivity contribution >= 4 is 23.6 Å². The summed E-state index contributed by atoms with van der Waals surface area (Å²) in [4.78, 5) is 47.5. The molecule has 2 heterocycles. The van der Waals surface area contributed by atoms with Gasteiger partial charge in [0.2, 0.25) is 0 Å². The molecule has 4 aliphatic rings. The number of Topliss-reactive ketones (excluding diaryl/α,β-unsaturated/α-hetero) is 2. The lowest BCUT2D eigenvalue weighted by molar-refractivity contribution is -0.184. The van der Waals surface area contributed by atoms with Crippen LogP contribution >= 0.6 is 0 Å². The summed E-state index contributed by atoms with van der Waals surface area (Å²) >= 11 is 0. The minimum atomic E-state index is -4.79. The Hall–Kier alpha value is -2.13. The smallest absolute Gasteiger partial charge is 0.444 e. The van der Waals surface area contributed by atoms with Gasteiger partial charge in [-0.2, -0.15) is 13.2 Å². The van der Waals surface area contributed by atoms with E-state index in [9.17, 15) is 32.3 Å². The lowest BCUT2D eigenvalue weighted by Crippen LogP contribution is -2.40. The van der Waals surface area contributed by atoms with Gasteiger partial charge in [-0.25, -0.2) is 4.79 Å². The van der Waals surface area contributed by atoms with Crippen molar-refractivity contribution in [3.63, 3.8) is 0 Å². The molecule has 0 aromatic carbocycles. The Balaban J connectivity index is 0.000000176. The van der Waals surface area contributed by atoms with Crippen LogP contribution in [0, 0.1) is 23.7 Å². The average Bonchev–Trinajstić information content (AvgIpc) is 3.30. The second kappa shape index (κ2) is 8.43. The van der Waals surface area contributed by atoms with E-state index in [-0.39, 0.29) is 36.8 Å². The number of alkyl halides is 3. The number of carbonyl (C=O) groups excluding carboxylic acids is 4. The number of halogens is 3. The van der Waals surface area contributed by atoms with Crippen molar-refractivity contribution in [1.82, 2.24) is 9.80 Å². The van der Waals surface area contributed by atoms with Crippen molar-refractivity contribution in [2.75, 3.05) is 26.2 Å². The molecule has 4 rings (SSSR count). The van der Waals surface area contributed by atoms with Gasteiger partial charge in [0.25, 0.3) is 0 Å². The van der Waals surface area contributed by atoms with Crippen molar-refractivity contribution in [3.8, 4) is 0 Å². The van der Waals surface area contributed by atoms with Gasteiger partial charge in [0.1, 0.15) is 17.2 Å². The van der Waals surface area contributed by atoms with Crippen molar-refractivity contribution in [1.29, 1.82) is 0 Å². The second-order valence-corrected chi connectivity index (χ2v) is 10.0. The Morgan fingerprint density at radius 2 is 1.13 bits per heavy atom. The first-order valence-corrected chi connectivity index (χ1v) is 10.6. The predicted octanol–water partition coefficient (Wildman–Crippen LogP) is 2.82. The van der Waals surface area contributed by atoms with Crippen molar-refractivity contribution < 1.29 is 37.1 Å². The van der Waals surface area contributed by atoms with Gasteiger partial charge in [0, 0.05) is 51.9 Å². The third kappa shape index (κ3) is 5.77. The summed E-state index contributed by atoms with van der Waals surface area (Å²) in [5.74, 6) is -0.681. The molecule has 31 heavy (non-hydrogen) atoms. The number of hydrogen-bond acceptors (Lipinski definition) is 5. The maximum Gasteiger partial charge on any atom is 0.471 e. The molecule has 0 aromatic heterocycles. The van der Waals surface area contributed by atoms with Crippen LogP contribution in [0.5, 0.6) is 0 Å². The van der Waals surface area contributed by atoms with Crippen LogP contribution in [0.4, 0.5) is 18.0 Å². The largest absolute Gasteiger partial charge is 0.471 e. The number of amides is 2. The van der Waals surface area contributed by atoms with Gasteiger partial charge in [-0.15, -0.1) is 0 Å². The Bertz CT molecular complexity index is 729. The van der Waals surface area contributed by atoms with E-state index in [0.717, 1.165) is 4.90 Å². The standard InChI is InChI=1S/C12H19NO3.C9H10F3NO2/c1-12(2,3)16-11(15)13-6-8-4-10(14)5-9(8)7-13;10-9(11,12)8(15)13-3-5-1-7(14)2-6(5)4-13/h8-9H,4-7H2,1-3H3;5-6H,1-4H2. The third-order valence-electron chi connectivity index (χ3n) is 6.29. The Kier molecular flexibility index (Phi) is 6.40. The van der Waals surface area contributed by atoms with Crippen LogP contribution < -0.4 is 0 Å². The van der Waals surface area contributed by atoms with Crippen LogP contribution in [0.2, 0.25) is 0 Å². The van der Waals surface area contributed by atoms with Gasteiger partial charge in [-0.1, -0.05) is 0 Å². The molecule has 0 radical (unpaired) electrons. The highest BCUT2D eigenvalue weighted by atomic mass is 19.4. The summed E-state index contributed by atoms with van der Waals surface area (Å²) < 4.78 is 41.6. The van der Waals surface area contributed by atoms with E-state index < -0.39 is 17.7 Å². The molecule has 7 nitrogen and oxygen atoms in total. The van der Waals surface area contributed by atoms with Gasteiger partial charge in [0.05, 0.1) is 0 Å². The second-order valence-electron chi connectivity index (χ2n) is 10.0. The highest BCUT2D eigenvalue weighted by molar-refractivity contribution is 5.84. The molecule has 2 saturated heterocycles. The van der Waals surface area contributed by atoms with E-state index in [1.807, 2.05) is 20.8 Å². The first-order valence-electron chi connectivity index (χ1n) is 10.6. The molecule has 4 unspecified atom stereocenters. The number of rotatable bonds is 0. The van der Waals surface area contributed by atoms with Crippen LogP contribution in [0.3, 0.4) is 0 Å². The summed E-state index contributed by atoms with van der Waals surface area (Å²) in [6.45, 7) is 7.13. The fourth-order valence-electron chi connectivity index (χ4n) is 4.96. The molecule has 2 aliphatic carbocycles. The summed E-state index contributed by atoms with van der Waals surface area (Å²) in [5, 5.41) is 0. The van der Waals surface area contributed by atoms with Gasteiger partial charge in [-0.05, 0) is 44.4 Å². The van der Waals surface area contributed by atoms with Crippen LogP contribution in [0.25, 0.3) is 0 Å². The number of ether oxygens (including phenoxy) is 1. The molecule has 4 atom stereocenters. The maximum absolute atomic E-state index is 12.1. The molecular formula is C21H29F3N2O5. The quantitative estimate of drug-likeness (QED) is 0.571. The maximum atomic E-state index is 12.1. The number of nitrogens with zero attached hydrogens (tertiary/aromatic N) is 2. The molecule has 0 N–H and O–H groups in total. The number of carbonyl (C=O) groups is 4. The average molecular weight is 446 g/mol. The van der Waals surface area contributed by atoms with E-state index in [4.69, 9.17) is 4.74 Å². The molecule has 4 fully saturated rings. The van der Waals surface area contributed by atoms with Crippen molar-refractivity contribution in [2.45, 2.75) is 58.2 Å². The Morgan fingerprint density at radius 3 is 1.45 bits per heavy atom. The SMILES string of the molecule is CC(C)(C)OC(=O)N1CC2CC(=O)CC2C1.O=C1CC2CN(C(=O)C(F)(F)F)CC2C1.